The van der Waals surface area contributed by atoms with Gasteiger partial charge in [-0.25, -0.2) is 0 Å². The Morgan fingerprint density at radius 2 is 2.14 bits per heavy atom. The van der Waals surface area contributed by atoms with E-state index < -0.39 is 0 Å². The van der Waals surface area contributed by atoms with Crippen molar-refractivity contribution in [3.05, 3.63) is 56.9 Å². The fraction of sp³-hybridized carbons (Fsp3) is 0.312. The highest BCUT2D eigenvalue weighted by Gasteiger charge is 2.34. The zero-order valence-corrected chi connectivity index (χ0v) is 13.9. The number of hydrogen-bond acceptors (Lipinski definition) is 2. The van der Waals surface area contributed by atoms with Crippen molar-refractivity contribution in [2.45, 2.75) is 32.4 Å². The van der Waals surface area contributed by atoms with Crippen molar-refractivity contribution in [2.24, 2.45) is 0 Å². The Balaban J connectivity index is 1.85. The van der Waals surface area contributed by atoms with E-state index in [0.29, 0.717) is 23.2 Å². The summed E-state index contributed by atoms with van der Waals surface area (Å²) in [6, 6.07) is 9.40. The number of amides is 1. The molecule has 5 heteroatoms. The molecule has 0 N–H and O–H groups in total. The Bertz CT molecular complexity index is 679. The fourth-order valence-electron chi connectivity index (χ4n) is 2.31. The van der Waals surface area contributed by atoms with Gasteiger partial charge in [0, 0.05) is 15.5 Å². The molecule has 0 bridgehead atoms. The largest absolute Gasteiger partial charge is 0.464 e. The maximum absolute atomic E-state index is 12.8. The molecule has 1 aliphatic carbocycles. The van der Waals surface area contributed by atoms with Gasteiger partial charge in [-0.05, 0) is 66.0 Å². The number of rotatable bonds is 4. The van der Waals surface area contributed by atoms with E-state index in [9.17, 15) is 4.79 Å². The molecule has 3 rings (SSSR count). The Morgan fingerprint density at radius 1 is 1.38 bits per heavy atom. The molecule has 0 atom stereocenters. The van der Waals surface area contributed by atoms with Gasteiger partial charge in [-0.1, -0.05) is 11.6 Å². The minimum absolute atomic E-state index is 0.00935. The van der Waals surface area contributed by atoms with Gasteiger partial charge in [-0.15, -0.1) is 0 Å². The molecule has 1 saturated carbocycles. The van der Waals surface area contributed by atoms with E-state index >= 15 is 0 Å². The highest BCUT2D eigenvalue weighted by atomic mass is 79.9. The van der Waals surface area contributed by atoms with E-state index in [4.69, 9.17) is 16.0 Å². The molecule has 1 aromatic heterocycles. The fourth-order valence-corrected chi connectivity index (χ4v) is 3.16. The zero-order valence-electron chi connectivity index (χ0n) is 11.6. The van der Waals surface area contributed by atoms with Crippen molar-refractivity contribution in [2.75, 3.05) is 0 Å². The van der Waals surface area contributed by atoms with Crippen molar-refractivity contribution >= 4 is 33.4 Å². The van der Waals surface area contributed by atoms with E-state index in [-0.39, 0.29) is 5.91 Å². The van der Waals surface area contributed by atoms with Gasteiger partial charge in [-0.3, -0.25) is 4.79 Å². The van der Waals surface area contributed by atoms with Crippen LogP contribution in [0.15, 0.2) is 39.2 Å². The molecule has 1 aliphatic rings. The number of carbonyl (C=O) groups is 1. The van der Waals surface area contributed by atoms with Crippen LogP contribution >= 0.6 is 27.5 Å². The van der Waals surface area contributed by atoms with Gasteiger partial charge in [0.2, 0.25) is 0 Å². The third-order valence-electron chi connectivity index (χ3n) is 3.53. The zero-order chi connectivity index (χ0) is 15.0. The quantitative estimate of drug-likeness (QED) is 0.776. The summed E-state index contributed by atoms with van der Waals surface area (Å²) < 4.78 is 6.32. The number of furan rings is 1. The molecule has 3 nitrogen and oxygen atoms in total. The number of nitrogens with zero attached hydrogens (tertiary/aromatic N) is 1. The summed E-state index contributed by atoms with van der Waals surface area (Å²) in [4.78, 5) is 14.7. The van der Waals surface area contributed by atoms with Crippen LogP contribution in [0.2, 0.25) is 5.02 Å². The average Bonchev–Trinajstić information content (AvgIpc) is 3.19. The molecule has 1 fully saturated rings. The summed E-state index contributed by atoms with van der Waals surface area (Å²) in [6.45, 7) is 2.41. The van der Waals surface area contributed by atoms with Gasteiger partial charge in [-0.2, -0.15) is 0 Å². The monoisotopic (exact) mass is 367 g/mol. The number of halogens is 2. The molecule has 0 radical (unpaired) electrons. The van der Waals surface area contributed by atoms with Crippen LogP contribution in [0.1, 0.15) is 34.7 Å². The lowest BCUT2D eigenvalue weighted by molar-refractivity contribution is 0.0716. The number of aryl methyl sites for hydroxylation is 1. The SMILES string of the molecule is Cc1ccc(CN(C(=O)c2ccc(Cl)cc2Br)C2CC2)o1. The molecule has 110 valence electrons. The number of hydrogen-bond donors (Lipinski definition) is 0. The molecule has 1 amide bonds. The second-order valence-electron chi connectivity index (χ2n) is 5.30. The topological polar surface area (TPSA) is 33.5 Å². The molecule has 21 heavy (non-hydrogen) atoms. The summed E-state index contributed by atoms with van der Waals surface area (Å²) in [6.07, 6.45) is 2.10. The molecule has 2 aromatic rings. The van der Waals surface area contributed by atoms with Gasteiger partial charge in [0.05, 0.1) is 12.1 Å². The van der Waals surface area contributed by atoms with Crippen LogP contribution in [-0.2, 0) is 6.54 Å². The minimum Gasteiger partial charge on any atom is -0.464 e. The summed E-state index contributed by atoms with van der Waals surface area (Å²) in [5, 5.41) is 0.609. The van der Waals surface area contributed by atoms with Gasteiger partial charge >= 0.3 is 0 Å². The van der Waals surface area contributed by atoms with Crippen LogP contribution in [0.4, 0.5) is 0 Å². The lowest BCUT2D eigenvalue weighted by Crippen LogP contribution is -2.32. The number of benzene rings is 1. The summed E-state index contributed by atoms with van der Waals surface area (Å²) in [5.41, 5.74) is 0.634. The average molecular weight is 369 g/mol. The van der Waals surface area contributed by atoms with Crippen LogP contribution in [0.3, 0.4) is 0 Å². The Morgan fingerprint density at radius 3 is 2.71 bits per heavy atom. The first kappa shape index (κ1) is 14.7. The molecular weight excluding hydrogens is 354 g/mol. The second-order valence-corrected chi connectivity index (χ2v) is 6.59. The smallest absolute Gasteiger partial charge is 0.255 e. The molecule has 0 aliphatic heterocycles. The first-order chi connectivity index (χ1) is 10.0. The van der Waals surface area contributed by atoms with E-state index in [1.807, 2.05) is 24.0 Å². The van der Waals surface area contributed by atoms with Crippen molar-refractivity contribution in [3.8, 4) is 0 Å². The maximum Gasteiger partial charge on any atom is 0.255 e. The lowest BCUT2D eigenvalue weighted by Gasteiger charge is -2.22. The van der Waals surface area contributed by atoms with E-state index in [1.165, 1.54) is 0 Å². The van der Waals surface area contributed by atoms with Gasteiger partial charge in [0.1, 0.15) is 11.5 Å². The third kappa shape index (κ3) is 3.33. The van der Waals surface area contributed by atoms with Crippen LogP contribution in [0.25, 0.3) is 0 Å². The van der Waals surface area contributed by atoms with Crippen molar-refractivity contribution in [1.29, 1.82) is 0 Å². The molecule has 1 aromatic carbocycles. The Labute approximate surface area is 137 Å². The maximum atomic E-state index is 12.8. The number of carbonyl (C=O) groups excluding carboxylic acids is 1. The predicted molar refractivity (Wildman–Crippen MR) is 85.5 cm³/mol. The molecule has 0 spiro atoms. The molecule has 1 heterocycles. The normalized spacial score (nSPS) is 14.2. The van der Waals surface area contributed by atoms with Crippen molar-refractivity contribution in [3.63, 3.8) is 0 Å². The second kappa shape index (κ2) is 5.85. The summed E-state index contributed by atoms with van der Waals surface area (Å²) >= 11 is 9.36. The van der Waals surface area contributed by atoms with Crippen molar-refractivity contribution in [1.82, 2.24) is 4.90 Å². The van der Waals surface area contributed by atoms with E-state index in [0.717, 1.165) is 28.8 Å². The summed E-state index contributed by atoms with van der Waals surface area (Å²) in [5.74, 6) is 1.69. The van der Waals surface area contributed by atoms with Crippen LogP contribution in [0.5, 0.6) is 0 Å². The van der Waals surface area contributed by atoms with Gasteiger partial charge in [0.15, 0.2) is 0 Å². The first-order valence-corrected chi connectivity index (χ1v) is 8.03. The van der Waals surface area contributed by atoms with Gasteiger partial charge < -0.3 is 9.32 Å². The first-order valence-electron chi connectivity index (χ1n) is 6.86. The highest BCUT2D eigenvalue weighted by molar-refractivity contribution is 9.10. The van der Waals surface area contributed by atoms with Crippen LogP contribution in [0, 0.1) is 6.92 Å². The summed E-state index contributed by atoms with van der Waals surface area (Å²) in [7, 11) is 0. The Hall–Kier alpha value is -1.26. The molecule has 0 saturated heterocycles. The molecule has 0 unspecified atom stereocenters. The highest BCUT2D eigenvalue weighted by Crippen LogP contribution is 2.32. The van der Waals surface area contributed by atoms with Crippen molar-refractivity contribution < 1.29 is 9.21 Å². The van der Waals surface area contributed by atoms with Gasteiger partial charge in [0.25, 0.3) is 5.91 Å². The Kier molecular flexibility index (Phi) is 4.09. The molecular formula is C16H15BrClNO2. The van der Waals surface area contributed by atoms with Crippen LogP contribution < -0.4 is 0 Å². The van der Waals surface area contributed by atoms with E-state index in [2.05, 4.69) is 15.9 Å². The standard InChI is InChI=1S/C16H15BrClNO2/c1-10-2-6-13(21-10)9-19(12-4-5-12)16(20)14-7-3-11(18)8-15(14)17/h2-3,6-8,12H,4-5,9H2,1H3. The third-order valence-corrected chi connectivity index (χ3v) is 4.42. The van der Waals surface area contributed by atoms with E-state index in [1.54, 1.807) is 18.2 Å². The van der Waals surface area contributed by atoms with Crippen LogP contribution in [-0.4, -0.2) is 16.8 Å². The minimum atomic E-state index is 0.00935. The predicted octanol–water partition coefficient (Wildman–Crippen LogP) is 4.81. The lowest BCUT2D eigenvalue weighted by atomic mass is 10.2.